The van der Waals surface area contributed by atoms with Gasteiger partial charge in [0.2, 0.25) is 0 Å². The van der Waals surface area contributed by atoms with Crippen LogP contribution in [-0.2, 0) is 6.54 Å². The van der Waals surface area contributed by atoms with Gasteiger partial charge in [-0.15, -0.1) is 0 Å². The highest BCUT2D eigenvalue weighted by Crippen LogP contribution is 2.23. The zero-order valence-electron chi connectivity index (χ0n) is 17.6. The number of benzene rings is 2. The number of carbonyl (C=O) groups is 1. The summed E-state index contributed by atoms with van der Waals surface area (Å²) in [6, 6.07) is 14.8. The van der Waals surface area contributed by atoms with E-state index in [4.69, 9.17) is 0 Å². The Kier molecular flexibility index (Phi) is 6.83. The second-order valence-electron chi connectivity index (χ2n) is 7.66. The summed E-state index contributed by atoms with van der Waals surface area (Å²) in [5, 5.41) is 18.2. The molecule has 0 radical (unpaired) electrons. The molecule has 4 rings (SSSR count). The summed E-state index contributed by atoms with van der Waals surface area (Å²) in [6.45, 7) is 6.04. The van der Waals surface area contributed by atoms with Crippen molar-refractivity contribution in [3.63, 3.8) is 0 Å². The average molecular weight is 435 g/mol. The first-order valence-corrected chi connectivity index (χ1v) is 10.5. The Bertz CT molecular complexity index is 1050. The molecule has 0 saturated carbocycles. The van der Waals surface area contributed by atoms with Crippen molar-refractivity contribution < 1.29 is 9.72 Å². The molecule has 10 heteroatoms. The van der Waals surface area contributed by atoms with Crippen molar-refractivity contribution in [1.82, 2.24) is 29.9 Å². The quantitative estimate of drug-likeness (QED) is 0.424. The fourth-order valence-electron chi connectivity index (χ4n) is 3.78. The predicted octanol–water partition coefficient (Wildman–Crippen LogP) is 1.72. The van der Waals surface area contributed by atoms with Gasteiger partial charge in [-0.25, -0.2) is 9.67 Å². The molecule has 1 aliphatic rings. The minimum absolute atomic E-state index is 0.197. The van der Waals surface area contributed by atoms with E-state index in [1.54, 1.807) is 6.07 Å². The molecule has 0 aliphatic carbocycles. The Morgan fingerprint density at radius 3 is 2.50 bits per heavy atom. The van der Waals surface area contributed by atoms with E-state index in [0.717, 1.165) is 39.3 Å². The number of nitrogens with one attached hydrogen (secondary N) is 1. The van der Waals surface area contributed by atoms with Gasteiger partial charge in [-0.3, -0.25) is 24.7 Å². The molecule has 1 amide bonds. The van der Waals surface area contributed by atoms with Gasteiger partial charge in [0.25, 0.3) is 11.6 Å². The summed E-state index contributed by atoms with van der Waals surface area (Å²) in [6.07, 6.45) is 2.67. The molecule has 0 spiro atoms. The lowest BCUT2D eigenvalue weighted by molar-refractivity contribution is -0.384. The SMILES string of the molecule is O=C(NCCN1CCN(Cc2ccccc2)CC1)c1ccc(-n2cncn2)c([N+](=O)[O-])c1. The maximum absolute atomic E-state index is 12.5. The first kappa shape index (κ1) is 21.6. The lowest BCUT2D eigenvalue weighted by atomic mass is 10.1. The van der Waals surface area contributed by atoms with Crippen LogP contribution in [0.5, 0.6) is 0 Å². The number of nitrogens with zero attached hydrogens (tertiary/aromatic N) is 6. The van der Waals surface area contributed by atoms with Gasteiger partial charge in [0, 0.05) is 57.4 Å². The molecule has 2 heterocycles. The van der Waals surface area contributed by atoms with Crippen LogP contribution in [0.25, 0.3) is 5.69 Å². The van der Waals surface area contributed by atoms with Crippen LogP contribution in [0.1, 0.15) is 15.9 Å². The van der Waals surface area contributed by atoms with E-state index in [9.17, 15) is 14.9 Å². The van der Waals surface area contributed by atoms with Crippen molar-refractivity contribution in [2.24, 2.45) is 0 Å². The molecule has 1 N–H and O–H groups in total. The average Bonchev–Trinajstić information content (AvgIpc) is 3.35. The molecule has 1 fully saturated rings. The summed E-state index contributed by atoms with van der Waals surface area (Å²) in [5.41, 5.74) is 1.63. The van der Waals surface area contributed by atoms with Crippen molar-refractivity contribution in [3.8, 4) is 5.69 Å². The second kappa shape index (κ2) is 10.1. The molecule has 1 aromatic heterocycles. The van der Waals surface area contributed by atoms with Crippen LogP contribution in [0.15, 0.2) is 61.2 Å². The summed E-state index contributed by atoms with van der Waals surface area (Å²) < 4.78 is 1.30. The largest absolute Gasteiger partial charge is 0.351 e. The maximum atomic E-state index is 12.5. The van der Waals surface area contributed by atoms with Crippen LogP contribution in [0.4, 0.5) is 5.69 Å². The van der Waals surface area contributed by atoms with Crippen molar-refractivity contribution in [2.75, 3.05) is 39.3 Å². The van der Waals surface area contributed by atoms with Gasteiger partial charge in [0.15, 0.2) is 0 Å². The van der Waals surface area contributed by atoms with Crippen LogP contribution in [0, 0.1) is 10.1 Å². The van der Waals surface area contributed by atoms with Gasteiger partial charge in [0.1, 0.15) is 18.3 Å². The first-order valence-electron chi connectivity index (χ1n) is 10.5. The molecule has 0 atom stereocenters. The first-order chi connectivity index (χ1) is 15.6. The highest BCUT2D eigenvalue weighted by molar-refractivity contribution is 5.95. The molecule has 3 aromatic rings. The predicted molar refractivity (Wildman–Crippen MR) is 119 cm³/mol. The zero-order valence-corrected chi connectivity index (χ0v) is 17.6. The van der Waals surface area contributed by atoms with E-state index in [2.05, 4.69) is 49.5 Å². The Balaban J connectivity index is 1.26. The number of nitro groups is 1. The van der Waals surface area contributed by atoms with E-state index in [-0.39, 0.29) is 22.8 Å². The number of piperazine rings is 1. The molecule has 166 valence electrons. The van der Waals surface area contributed by atoms with E-state index in [1.165, 1.54) is 35.0 Å². The minimum Gasteiger partial charge on any atom is -0.351 e. The third kappa shape index (κ3) is 5.34. The van der Waals surface area contributed by atoms with Crippen molar-refractivity contribution in [1.29, 1.82) is 0 Å². The van der Waals surface area contributed by atoms with Crippen LogP contribution < -0.4 is 5.32 Å². The highest BCUT2D eigenvalue weighted by Gasteiger charge is 2.20. The number of amides is 1. The van der Waals surface area contributed by atoms with Gasteiger partial charge in [0.05, 0.1) is 4.92 Å². The molecule has 1 saturated heterocycles. The number of nitro benzene ring substituents is 1. The summed E-state index contributed by atoms with van der Waals surface area (Å²) in [7, 11) is 0. The van der Waals surface area contributed by atoms with E-state index >= 15 is 0 Å². The third-order valence-electron chi connectivity index (χ3n) is 5.53. The summed E-state index contributed by atoms with van der Waals surface area (Å²) >= 11 is 0. The van der Waals surface area contributed by atoms with Crippen LogP contribution in [0.3, 0.4) is 0 Å². The van der Waals surface area contributed by atoms with E-state index in [0.29, 0.717) is 6.54 Å². The van der Waals surface area contributed by atoms with Gasteiger partial charge in [-0.1, -0.05) is 30.3 Å². The van der Waals surface area contributed by atoms with E-state index in [1.807, 2.05) is 6.07 Å². The molecule has 2 aromatic carbocycles. The molecule has 0 bridgehead atoms. The fraction of sp³-hybridized carbons (Fsp3) is 0.318. The van der Waals surface area contributed by atoms with Crippen LogP contribution >= 0.6 is 0 Å². The number of carbonyl (C=O) groups excluding carboxylic acids is 1. The van der Waals surface area contributed by atoms with Crippen molar-refractivity contribution in [3.05, 3.63) is 82.4 Å². The molecule has 10 nitrogen and oxygen atoms in total. The van der Waals surface area contributed by atoms with E-state index < -0.39 is 4.92 Å². The smallest absolute Gasteiger partial charge is 0.295 e. The fourth-order valence-corrected chi connectivity index (χ4v) is 3.78. The van der Waals surface area contributed by atoms with Gasteiger partial charge >= 0.3 is 0 Å². The monoisotopic (exact) mass is 435 g/mol. The standard InChI is InChI=1S/C22H25N7O3/c30-22(19-6-7-20(21(14-19)29(31)32)28-17-23-16-25-28)24-8-9-26-10-12-27(13-11-26)15-18-4-2-1-3-5-18/h1-7,14,16-17H,8-13,15H2,(H,24,30). The van der Waals surface area contributed by atoms with Crippen LogP contribution in [-0.4, -0.2) is 74.7 Å². The van der Waals surface area contributed by atoms with Crippen molar-refractivity contribution in [2.45, 2.75) is 6.54 Å². The normalized spacial score (nSPS) is 14.9. The van der Waals surface area contributed by atoms with Gasteiger partial charge in [-0.2, -0.15) is 5.10 Å². The lowest BCUT2D eigenvalue weighted by Gasteiger charge is -2.34. The summed E-state index contributed by atoms with van der Waals surface area (Å²) in [4.78, 5) is 32.0. The molecule has 32 heavy (non-hydrogen) atoms. The zero-order chi connectivity index (χ0) is 22.3. The Morgan fingerprint density at radius 2 is 1.81 bits per heavy atom. The number of hydrogen-bond donors (Lipinski definition) is 1. The van der Waals surface area contributed by atoms with Gasteiger partial charge in [-0.05, 0) is 17.7 Å². The molecule has 0 unspecified atom stereocenters. The second-order valence-corrected chi connectivity index (χ2v) is 7.66. The minimum atomic E-state index is -0.525. The number of aromatic nitrogens is 3. The number of rotatable bonds is 8. The lowest BCUT2D eigenvalue weighted by Crippen LogP contribution is -2.48. The number of hydrogen-bond acceptors (Lipinski definition) is 7. The Morgan fingerprint density at radius 1 is 1.06 bits per heavy atom. The van der Waals surface area contributed by atoms with Crippen molar-refractivity contribution >= 4 is 11.6 Å². The van der Waals surface area contributed by atoms with Crippen LogP contribution in [0.2, 0.25) is 0 Å². The molecular formula is C22H25N7O3. The molecular weight excluding hydrogens is 410 g/mol. The highest BCUT2D eigenvalue weighted by atomic mass is 16.6. The van der Waals surface area contributed by atoms with Gasteiger partial charge < -0.3 is 5.32 Å². The molecule has 1 aliphatic heterocycles. The Hall–Kier alpha value is -3.63. The summed E-state index contributed by atoms with van der Waals surface area (Å²) in [5.74, 6) is -0.332. The topological polar surface area (TPSA) is 109 Å². The maximum Gasteiger partial charge on any atom is 0.295 e. The Labute approximate surface area is 185 Å². The third-order valence-corrected chi connectivity index (χ3v) is 5.53.